The third kappa shape index (κ3) is 3.53. The SMILES string of the molecule is COc1ccc2c(c1)CCN(C(C)=O)C21CCN(CCc2ccccc2)CC1. The molecule has 0 saturated carbocycles. The zero-order chi connectivity index (χ0) is 19.6. The zero-order valence-electron chi connectivity index (χ0n) is 17.0. The van der Waals surface area contributed by atoms with Crippen molar-refractivity contribution in [2.75, 3.05) is 33.3 Å². The smallest absolute Gasteiger partial charge is 0.220 e. The molecule has 1 amide bonds. The van der Waals surface area contributed by atoms with Gasteiger partial charge in [-0.15, -0.1) is 0 Å². The maximum Gasteiger partial charge on any atom is 0.220 e. The number of carbonyl (C=O) groups excluding carboxylic acids is 1. The van der Waals surface area contributed by atoms with Crippen LogP contribution in [0.4, 0.5) is 0 Å². The van der Waals surface area contributed by atoms with E-state index in [9.17, 15) is 4.79 Å². The molecule has 4 nitrogen and oxygen atoms in total. The number of rotatable bonds is 4. The average Bonchev–Trinajstić information content (AvgIpc) is 2.73. The van der Waals surface area contributed by atoms with Gasteiger partial charge in [0.25, 0.3) is 0 Å². The summed E-state index contributed by atoms with van der Waals surface area (Å²) in [6, 6.07) is 17.1. The van der Waals surface area contributed by atoms with Crippen LogP contribution >= 0.6 is 0 Å². The van der Waals surface area contributed by atoms with E-state index in [-0.39, 0.29) is 11.4 Å². The van der Waals surface area contributed by atoms with Crippen LogP contribution in [0.5, 0.6) is 5.75 Å². The molecule has 1 saturated heterocycles. The Hall–Kier alpha value is -2.33. The van der Waals surface area contributed by atoms with Gasteiger partial charge in [0.15, 0.2) is 0 Å². The summed E-state index contributed by atoms with van der Waals surface area (Å²) in [6.07, 6.45) is 3.99. The maximum absolute atomic E-state index is 12.5. The van der Waals surface area contributed by atoms with Crippen LogP contribution in [-0.2, 0) is 23.2 Å². The summed E-state index contributed by atoms with van der Waals surface area (Å²) in [6.45, 7) is 5.66. The van der Waals surface area contributed by atoms with Crippen molar-refractivity contribution in [3.8, 4) is 5.75 Å². The number of ether oxygens (including phenoxy) is 1. The lowest BCUT2D eigenvalue weighted by atomic mass is 9.74. The molecule has 0 aliphatic carbocycles. The molecule has 0 N–H and O–H groups in total. The van der Waals surface area contributed by atoms with Crippen LogP contribution in [0.15, 0.2) is 48.5 Å². The lowest BCUT2D eigenvalue weighted by molar-refractivity contribution is -0.139. The van der Waals surface area contributed by atoms with Crippen LogP contribution in [0.1, 0.15) is 36.5 Å². The summed E-state index contributed by atoms with van der Waals surface area (Å²) in [5.74, 6) is 1.10. The number of benzene rings is 2. The molecule has 28 heavy (non-hydrogen) atoms. The third-order valence-electron chi connectivity index (χ3n) is 6.56. The quantitative estimate of drug-likeness (QED) is 0.814. The van der Waals surface area contributed by atoms with E-state index >= 15 is 0 Å². The van der Waals surface area contributed by atoms with Crippen molar-refractivity contribution in [3.63, 3.8) is 0 Å². The molecular formula is C24H30N2O2. The summed E-state index contributed by atoms with van der Waals surface area (Å²) >= 11 is 0. The van der Waals surface area contributed by atoms with E-state index in [2.05, 4.69) is 52.3 Å². The lowest BCUT2D eigenvalue weighted by Gasteiger charge is -2.52. The van der Waals surface area contributed by atoms with E-state index in [1.54, 1.807) is 14.0 Å². The average molecular weight is 379 g/mol. The van der Waals surface area contributed by atoms with Crippen molar-refractivity contribution < 1.29 is 9.53 Å². The van der Waals surface area contributed by atoms with E-state index in [1.807, 2.05) is 6.07 Å². The molecule has 0 unspecified atom stereocenters. The minimum Gasteiger partial charge on any atom is -0.497 e. The number of nitrogens with zero attached hydrogens (tertiary/aromatic N) is 2. The van der Waals surface area contributed by atoms with Crippen molar-refractivity contribution in [1.29, 1.82) is 0 Å². The number of likely N-dealkylation sites (tertiary alicyclic amines) is 1. The lowest BCUT2D eigenvalue weighted by Crippen LogP contribution is -2.57. The Kier molecular flexibility index (Phi) is 5.40. The Morgan fingerprint density at radius 2 is 1.82 bits per heavy atom. The highest BCUT2D eigenvalue weighted by molar-refractivity contribution is 5.75. The third-order valence-corrected chi connectivity index (χ3v) is 6.56. The molecule has 2 aromatic carbocycles. The molecule has 2 aliphatic rings. The predicted molar refractivity (Wildman–Crippen MR) is 112 cm³/mol. The molecule has 1 fully saturated rings. The summed E-state index contributed by atoms with van der Waals surface area (Å²) in [4.78, 5) is 17.2. The van der Waals surface area contributed by atoms with Crippen LogP contribution in [0.3, 0.4) is 0 Å². The highest BCUT2D eigenvalue weighted by Crippen LogP contribution is 2.44. The van der Waals surface area contributed by atoms with Crippen LogP contribution in [0.2, 0.25) is 0 Å². The van der Waals surface area contributed by atoms with Crippen molar-refractivity contribution in [3.05, 3.63) is 65.2 Å². The first kappa shape index (κ1) is 19.0. The minimum absolute atomic E-state index is 0.158. The second-order valence-electron chi connectivity index (χ2n) is 8.05. The Balaban J connectivity index is 1.52. The first-order chi connectivity index (χ1) is 13.6. The summed E-state index contributed by atoms with van der Waals surface area (Å²) in [7, 11) is 1.72. The fourth-order valence-electron chi connectivity index (χ4n) is 5.03. The minimum atomic E-state index is -0.158. The largest absolute Gasteiger partial charge is 0.497 e. The summed E-state index contributed by atoms with van der Waals surface area (Å²) in [5.41, 5.74) is 3.91. The Morgan fingerprint density at radius 3 is 2.50 bits per heavy atom. The monoisotopic (exact) mass is 378 g/mol. The number of carbonyl (C=O) groups is 1. The number of piperidine rings is 1. The van der Waals surface area contributed by atoms with E-state index in [1.165, 1.54) is 16.7 Å². The number of hydrogen-bond donors (Lipinski definition) is 0. The van der Waals surface area contributed by atoms with E-state index in [4.69, 9.17) is 4.74 Å². The Morgan fingerprint density at radius 1 is 1.07 bits per heavy atom. The van der Waals surface area contributed by atoms with Gasteiger partial charge in [0.1, 0.15) is 5.75 Å². The zero-order valence-corrected chi connectivity index (χ0v) is 17.0. The summed E-state index contributed by atoms with van der Waals surface area (Å²) < 4.78 is 5.43. The molecule has 0 radical (unpaired) electrons. The molecule has 4 heteroatoms. The van der Waals surface area contributed by atoms with Gasteiger partial charge in [-0.2, -0.15) is 0 Å². The topological polar surface area (TPSA) is 32.8 Å². The second-order valence-corrected chi connectivity index (χ2v) is 8.05. The van der Waals surface area contributed by atoms with E-state index in [0.29, 0.717) is 0 Å². The fourth-order valence-corrected chi connectivity index (χ4v) is 5.03. The molecule has 2 heterocycles. The highest BCUT2D eigenvalue weighted by atomic mass is 16.5. The van der Waals surface area contributed by atoms with Gasteiger partial charge < -0.3 is 14.5 Å². The van der Waals surface area contributed by atoms with Gasteiger partial charge in [-0.3, -0.25) is 4.79 Å². The number of amides is 1. The van der Waals surface area contributed by atoms with Crippen molar-refractivity contribution in [2.45, 2.75) is 38.1 Å². The van der Waals surface area contributed by atoms with Gasteiger partial charge in [0.2, 0.25) is 5.91 Å². The normalized spacial score (nSPS) is 18.7. The van der Waals surface area contributed by atoms with Gasteiger partial charge in [0, 0.05) is 33.1 Å². The highest BCUT2D eigenvalue weighted by Gasteiger charge is 2.45. The second kappa shape index (κ2) is 7.96. The first-order valence-electron chi connectivity index (χ1n) is 10.3. The van der Waals surface area contributed by atoms with Crippen LogP contribution < -0.4 is 4.74 Å². The number of methoxy groups -OCH3 is 1. The molecule has 0 atom stereocenters. The van der Waals surface area contributed by atoms with E-state index < -0.39 is 0 Å². The van der Waals surface area contributed by atoms with Crippen LogP contribution in [-0.4, -0.2) is 49.0 Å². The fraction of sp³-hybridized carbons (Fsp3) is 0.458. The van der Waals surface area contributed by atoms with Crippen molar-refractivity contribution in [2.24, 2.45) is 0 Å². The van der Waals surface area contributed by atoms with E-state index in [0.717, 1.165) is 57.6 Å². The van der Waals surface area contributed by atoms with Gasteiger partial charge in [0.05, 0.1) is 12.6 Å². The van der Waals surface area contributed by atoms with Crippen molar-refractivity contribution in [1.82, 2.24) is 9.80 Å². The van der Waals surface area contributed by atoms with Crippen LogP contribution in [0.25, 0.3) is 0 Å². The molecule has 0 bridgehead atoms. The Labute approximate surface area is 168 Å². The van der Waals surface area contributed by atoms with Gasteiger partial charge in [-0.05, 0) is 54.5 Å². The number of fused-ring (bicyclic) bond motifs is 2. The van der Waals surface area contributed by atoms with Crippen molar-refractivity contribution >= 4 is 5.91 Å². The predicted octanol–water partition coefficient (Wildman–Crippen LogP) is 3.63. The number of hydrogen-bond acceptors (Lipinski definition) is 3. The van der Waals surface area contributed by atoms with Gasteiger partial charge in [-0.25, -0.2) is 0 Å². The molecule has 148 valence electrons. The standard InChI is InChI=1S/C24H30N2O2/c1-19(27)26-15-11-21-18-22(28-2)8-9-23(21)24(26)12-16-25(17-13-24)14-10-20-6-4-3-5-7-20/h3-9,18H,10-17H2,1-2H3. The molecule has 1 spiro atoms. The van der Waals surface area contributed by atoms with Crippen LogP contribution in [0, 0.1) is 0 Å². The molecule has 2 aromatic rings. The Bertz CT molecular complexity index is 826. The molecule has 4 rings (SSSR count). The molecule has 0 aromatic heterocycles. The van der Waals surface area contributed by atoms with Gasteiger partial charge in [-0.1, -0.05) is 36.4 Å². The summed E-state index contributed by atoms with van der Waals surface area (Å²) in [5, 5.41) is 0. The first-order valence-corrected chi connectivity index (χ1v) is 10.3. The van der Waals surface area contributed by atoms with Gasteiger partial charge >= 0.3 is 0 Å². The molecular weight excluding hydrogens is 348 g/mol. The molecule has 2 aliphatic heterocycles. The maximum atomic E-state index is 12.5.